The second-order valence-electron chi connectivity index (χ2n) is 6.11. The average molecular weight is 238 g/mol. The lowest BCUT2D eigenvalue weighted by Gasteiger charge is -2.47. The van der Waals surface area contributed by atoms with Gasteiger partial charge in [0.15, 0.2) is 0 Å². The molecule has 1 unspecified atom stereocenters. The van der Waals surface area contributed by atoms with Gasteiger partial charge in [0.05, 0.1) is 5.41 Å². The minimum absolute atomic E-state index is 0.0918. The molecule has 2 bridgehead atoms. The monoisotopic (exact) mass is 238 g/mol. The summed E-state index contributed by atoms with van der Waals surface area (Å²) in [5.74, 6) is 7.15. The number of carbonyl (C=O) groups excluding carboxylic acids is 1. The van der Waals surface area contributed by atoms with Gasteiger partial charge in [0, 0.05) is 6.04 Å². The van der Waals surface area contributed by atoms with E-state index in [0.717, 1.165) is 38.0 Å². The Bertz CT molecular complexity index is 268. The van der Waals surface area contributed by atoms with Gasteiger partial charge in [-0.05, 0) is 57.8 Å². The number of rotatable bonds is 4. The maximum atomic E-state index is 12.6. The normalized spacial score (nSPS) is 33.5. The van der Waals surface area contributed by atoms with Crippen molar-refractivity contribution in [1.82, 2.24) is 5.01 Å². The molecule has 3 rings (SSSR count). The summed E-state index contributed by atoms with van der Waals surface area (Å²) in [7, 11) is 0. The number of carbonyl (C=O) groups is 1. The highest BCUT2D eigenvalue weighted by Gasteiger charge is 2.47. The van der Waals surface area contributed by atoms with E-state index in [1.165, 1.54) is 24.3 Å². The lowest BCUT2D eigenvalue weighted by Crippen LogP contribution is -2.54. The number of hydrogen-bond donors (Lipinski definition) is 1. The molecule has 1 amide bonds. The Morgan fingerprint density at radius 1 is 1.35 bits per heavy atom. The van der Waals surface area contributed by atoms with Crippen LogP contribution in [0.1, 0.15) is 65.2 Å². The molecule has 3 heteroatoms. The smallest absolute Gasteiger partial charge is 0.242 e. The van der Waals surface area contributed by atoms with Gasteiger partial charge in [0.25, 0.3) is 0 Å². The van der Waals surface area contributed by atoms with E-state index in [4.69, 9.17) is 5.84 Å². The molecule has 0 aromatic heterocycles. The van der Waals surface area contributed by atoms with Crippen LogP contribution in [-0.4, -0.2) is 17.0 Å². The largest absolute Gasteiger partial charge is 0.277 e. The van der Waals surface area contributed by atoms with Crippen LogP contribution < -0.4 is 5.84 Å². The lowest BCUT2D eigenvalue weighted by molar-refractivity contribution is -0.151. The molecule has 3 aliphatic carbocycles. The van der Waals surface area contributed by atoms with Crippen molar-refractivity contribution in [1.29, 1.82) is 0 Å². The molecule has 1 atom stereocenters. The number of hydrogen-bond acceptors (Lipinski definition) is 2. The van der Waals surface area contributed by atoms with Crippen LogP contribution in [0.15, 0.2) is 0 Å². The van der Waals surface area contributed by atoms with Crippen molar-refractivity contribution in [2.75, 3.05) is 0 Å². The zero-order valence-corrected chi connectivity index (χ0v) is 11.2. The van der Waals surface area contributed by atoms with Crippen molar-refractivity contribution >= 4 is 5.91 Å². The fraction of sp³-hybridized carbons (Fsp3) is 0.929. The molecule has 0 heterocycles. The minimum atomic E-state index is -0.0918. The number of nitrogens with two attached hydrogens (primary N) is 1. The van der Waals surface area contributed by atoms with Crippen molar-refractivity contribution in [2.24, 2.45) is 17.2 Å². The minimum Gasteiger partial charge on any atom is -0.277 e. The van der Waals surface area contributed by atoms with Crippen molar-refractivity contribution in [3.8, 4) is 0 Å². The van der Waals surface area contributed by atoms with Crippen molar-refractivity contribution in [2.45, 2.75) is 71.3 Å². The van der Waals surface area contributed by atoms with Crippen LogP contribution in [-0.2, 0) is 4.79 Å². The van der Waals surface area contributed by atoms with Crippen LogP contribution in [0.5, 0.6) is 0 Å². The molecule has 0 radical (unpaired) electrons. The highest BCUT2D eigenvalue weighted by atomic mass is 16.2. The quantitative estimate of drug-likeness (QED) is 0.465. The van der Waals surface area contributed by atoms with Crippen LogP contribution in [0.2, 0.25) is 0 Å². The highest BCUT2D eigenvalue weighted by Crippen LogP contribution is 2.51. The van der Waals surface area contributed by atoms with E-state index >= 15 is 0 Å². The Hall–Kier alpha value is -0.570. The first-order valence-corrected chi connectivity index (χ1v) is 7.17. The van der Waals surface area contributed by atoms with Crippen LogP contribution in [0.4, 0.5) is 0 Å². The van der Waals surface area contributed by atoms with E-state index < -0.39 is 0 Å². The second-order valence-corrected chi connectivity index (χ2v) is 6.11. The summed E-state index contributed by atoms with van der Waals surface area (Å²) in [6, 6.07) is 0.182. The van der Waals surface area contributed by atoms with Gasteiger partial charge in [0.1, 0.15) is 0 Å². The molecule has 0 spiro atoms. The Kier molecular flexibility index (Phi) is 3.76. The average Bonchev–Trinajstić information content (AvgIpc) is 2.39. The number of amides is 1. The maximum absolute atomic E-state index is 12.6. The molecule has 2 N–H and O–H groups in total. The van der Waals surface area contributed by atoms with Crippen LogP contribution in [0.3, 0.4) is 0 Å². The summed E-state index contributed by atoms with van der Waals surface area (Å²) < 4.78 is 0. The summed E-state index contributed by atoms with van der Waals surface area (Å²) in [6.07, 6.45) is 9.01. The highest BCUT2D eigenvalue weighted by molar-refractivity contribution is 5.82. The first-order chi connectivity index (χ1) is 8.09. The Balaban J connectivity index is 2.03. The van der Waals surface area contributed by atoms with Crippen molar-refractivity contribution in [3.63, 3.8) is 0 Å². The Morgan fingerprint density at radius 3 is 2.35 bits per heavy atom. The summed E-state index contributed by atoms with van der Waals surface area (Å²) in [5, 5.41) is 1.54. The molecule has 0 saturated heterocycles. The van der Waals surface area contributed by atoms with Gasteiger partial charge in [-0.3, -0.25) is 9.80 Å². The molecule has 0 aliphatic heterocycles. The topological polar surface area (TPSA) is 46.3 Å². The van der Waals surface area contributed by atoms with Crippen LogP contribution >= 0.6 is 0 Å². The third-order valence-corrected chi connectivity index (χ3v) is 4.96. The standard InChI is InChI=1S/C14H26N2O/c1-3-4-11(2)16(15)13(17)14-8-5-12(6-9-14)7-10-14/h11-12H,3-10,15H2,1-2H3. The predicted octanol–water partition coefficient (Wildman–Crippen LogP) is 2.85. The number of nitrogens with zero attached hydrogens (tertiary/aromatic N) is 1. The van der Waals surface area contributed by atoms with Gasteiger partial charge in [-0.25, -0.2) is 5.84 Å². The van der Waals surface area contributed by atoms with Gasteiger partial charge < -0.3 is 0 Å². The number of hydrazine groups is 1. The third kappa shape index (κ3) is 2.35. The fourth-order valence-electron chi connectivity index (χ4n) is 3.60. The van der Waals surface area contributed by atoms with Crippen LogP contribution in [0.25, 0.3) is 0 Å². The molecule has 3 aliphatic rings. The second kappa shape index (κ2) is 4.97. The summed E-state index contributed by atoms with van der Waals surface area (Å²) >= 11 is 0. The lowest BCUT2D eigenvalue weighted by atomic mass is 9.60. The molecule has 3 nitrogen and oxygen atoms in total. The van der Waals surface area contributed by atoms with Crippen molar-refractivity contribution in [3.05, 3.63) is 0 Å². The molecule has 0 aromatic rings. The summed E-state index contributed by atoms with van der Waals surface area (Å²) in [4.78, 5) is 12.6. The molecular formula is C14H26N2O. The van der Waals surface area contributed by atoms with Crippen LogP contribution in [0, 0.1) is 11.3 Å². The van der Waals surface area contributed by atoms with E-state index in [-0.39, 0.29) is 17.4 Å². The molecule has 3 saturated carbocycles. The maximum Gasteiger partial charge on any atom is 0.242 e. The van der Waals surface area contributed by atoms with Crippen molar-refractivity contribution < 1.29 is 4.79 Å². The van der Waals surface area contributed by atoms with E-state index in [2.05, 4.69) is 13.8 Å². The Labute approximate surface area is 105 Å². The molecule has 98 valence electrons. The first kappa shape index (κ1) is 12.9. The summed E-state index contributed by atoms with van der Waals surface area (Å²) in [5.41, 5.74) is -0.0918. The predicted molar refractivity (Wildman–Crippen MR) is 69.0 cm³/mol. The fourth-order valence-corrected chi connectivity index (χ4v) is 3.60. The number of fused-ring (bicyclic) bond motifs is 3. The molecule has 0 aromatic carbocycles. The van der Waals surface area contributed by atoms with Gasteiger partial charge in [-0.1, -0.05) is 13.3 Å². The molecular weight excluding hydrogens is 212 g/mol. The van der Waals surface area contributed by atoms with E-state index in [9.17, 15) is 4.79 Å². The van der Waals surface area contributed by atoms with E-state index in [0.29, 0.717) is 0 Å². The third-order valence-electron chi connectivity index (χ3n) is 4.96. The molecule has 3 fully saturated rings. The molecule has 17 heavy (non-hydrogen) atoms. The van der Waals surface area contributed by atoms with Gasteiger partial charge in [0.2, 0.25) is 5.91 Å². The summed E-state index contributed by atoms with van der Waals surface area (Å²) in [6.45, 7) is 4.20. The SMILES string of the molecule is CCCC(C)N(N)C(=O)C12CCC(CC1)CC2. The van der Waals surface area contributed by atoms with E-state index in [1.807, 2.05) is 0 Å². The van der Waals surface area contributed by atoms with Gasteiger partial charge in [-0.2, -0.15) is 0 Å². The van der Waals surface area contributed by atoms with Gasteiger partial charge >= 0.3 is 0 Å². The van der Waals surface area contributed by atoms with Gasteiger partial charge in [-0.15, -0.1) is 0 Å². The van der Waals surface area contributed by atoms with E-state index in [1.54, 1.807) is 0 Å². The zero-order valence-electron chi connectivity index (χ0n) is 11.2. The zero-order chi connectivity index (χ0) is 12.5. The first-order valence-electron chi connectivity index (χ1n) is 7.17. The Morgan fingerprint density at radius 2 is 1.88 bits per heavy atom.